The van der Waals surface area contributed by atoms with Crippen LogP contribution in [0.4, 0.5) is 18.9 Å². The molecule has 5 rings (SSSR count). The molecule has 0 spiro atoms. The lowest BCUT2D eigenvalue weighted by atomic mass is 9.89. The van der Waals surface area contributed by atoms with Crippen molar-refractivity contribution in [2.75, 3.05) is 25.4 Å². The normalized spacial score (nSPS) is 19.7. The Labute approximate surface area is 199 Å². The molecule has 1 amide bonds. The number of hydrogen-bond donors (Lipinski definition) is 2. The number of halogens is 3. The van der Waals surface area contributed by atoms with Gasteiger partial charge in [-0.2, -0.15) is 0 Å². The van der Waals surface area contributed by atoms with Crippen molar-refractivity contribution in [3.8, 4) is 5.75 Å². The molecule has 0 radical (unpaired) electrons. The van der Waals surface area contributed by atoms with E-state index in [2.05, 4.69) is 14.7 Å². The summed E-state index contributed by atoms with van der Waals surface area (Å²) in [5.74, 6) is 0.244. The molecule has 1 atom stereocenters. The van der Waals surface area contributed by atoms with Crippen LogP contribution in [0.15, 0.2) is 30.5 Å². The predicted molar refractivity (Wildman–Crippen MR) is 122 cm³/mol. The van der Waals surface area contributed by atoms with E-state index in [4.69, 9.17) is 15.5 Å². The predicted octanol–water partition coefficient (Wildman–Crippen LogP) is 4.70. The largest absolute Gasteiger partial charge is 0.573 e. The maximum Gasteiger partial charge on any atom is 0.573 e. The van der Waals surface area contributed by atoms with E-state index >= 15 is 0 Å². The van der Waals surface area contributed by atoms with E-state index in [-0.39, 0.29) is 29.2 Å². The molecule has 3 aromatic rings. The van der Waals surface area contributed by atoms with Crippen molar-refractivity contribution in [3.63, 3.8) is 0 Å². The minimum Gasteiger partial charge on any atom is -0.406 e. The molecule has 2 aliphatic rings. The summed E-state index contributed by atoms with van der Waals surface area (Å²) in [5, 5.41) is 0. The van der Waals surface area contributed by atoms with Crippen LogP contribution in [0, 0.1) is 0 Å². The Morgan fingerprint density at radius 2 is 1.97 bits per heavy atom. The number of likely N-dealkylation sites (tertiary alicyclic amines) is 1. The first-order valence-corrected chi connectivity index (χ1v) is 11.7. The number of amides is 1. The summed E-state index contributed by atoms with van der Waals surface area (Å²) in [4.78, 5) is 27.2. The van der Waals surface area contributed by atoms with Gasteiger partial charge in [0.05, 0.1) is 5.56 Å². The zero-order chi connectivity index (χ0) is 24.6. The number of nitrogens with one attached hydrogen (secondary N) is 1. The number of benzene rings is 1. The highest BCUT2D eigenvalue weighted by Gasteiger charge is 2.32. The number of aromatic amines is 1. The van der Waals surface area contributed by atoms with Crippen molar-refractivity contribution in [1.29, 1.82) is 0 Å². The number of pyridine rings is 1. The molecule has 2 aliphatic heterocycles. The topological polar surface area (TPSA) is 106 Å². The standard InChI is InChI=1S/C24H26F3N5O3/c25-24(26,27)35-15-4-5-17(18(28)13-15)23(33)32-10-7-14(8-11-32)16-6-9-29-22-20(16)30-21(31-22)19-3-1-2-12-34-19/h4-6,9,13-14,19H,1-3,7-8,10-12,28H2,(H,29,30,31)/t19-/m1/s1. The summed E-state index contributed by atoms with van der Waals surface area (Å²) >= 11 is 0. The summed E-state index contributed by atoms with van der Waals surface area (Å²) < 4.78 is 47.1. The maximum absolute atomic E-state index is 13.0. The zero-order valence-corrected chi connectivity index (χ0v) is 19.0. The van der Waals surface area contributed by atoms with Crippen molar-refractivity contribution < 1.29 is 27.4 Å². The number of nitrogens with zero attached hydrogens (tertiary/aromatic N) is 3. The smallest absolute Gasteiger partial charge is 0.406 e. The molecule has 4 heterocycles. The van der Waals surface area contributed by atoms with E-state index in [0.717, 1.165) is 73.4 Å². The second-order valence-corrected chi connectivity index (χ2v) is 8.94. The number of anilines is 1. The van der Waals surface area contributed by atoms with Crippen LogP contribution in [0.2, 0.25) is 0 Å². The lowest BCUT2D eigenvalue weighted by molar-refractivity contribution is -0.274. The number of rotatable bonds is 4. The highest BCUT2D eigenvalue weighted by Crippen LogP contribution is 2.35. The van der Waals surface area contributed by atoms with Gasteiger partial charge in [0.1, 0.15) is 23.2 Å². The van der Waals surface area contributed by atoms with E-state index in [9.17, 15) is 18.0 Å². The van der Waals surface area contributed by atoms with Gasteiger partial charge < -0.3 is 25.1 Å². The molecule has 0 unspecified atom stereocenters. The molecule has 0 aliphatic carbocycles. The number of ether oxygens (including phenoxy) is 2. The summed E-state index contributed by atoms with van der Waals surface area (Å²) in [5.41, 5.74) is 8.64. The Kier molecular flexibility index (Phi) is 6.26. The monoisotopic (exact) mass is 489 g/mol. The number of aromatic nitrogens is 3. The van der Waals surface area contributed by atoms with Crippen LogP contribution in [-0.2, 0) is 4.74 Å². The summed E-state index contributed by atoms with van der Waals surface area (Å²) in [6.45, 7) is 1.73. The third-order valence-electron chi connectivity index (χ3n) is 6.63. The Hall–Kier alpha value is -3.34. The van der Waals surface area contributed by atoms with Crippen molar-refractivity contribution in [2.45, 2.75) is 50.5 Å². The molecule has 1 aromatic carbocycles. The van der Waals surface area contributed by atoms with Crippen LogP contribution >= 0.6 is 0 Å². The van der Waals surface area contributed by atoms with Crippen LogP contribution in [0.5, 0.6) is 5.75 Å². The number of H-pyrrole nitrogens is 1. The number of carbonyl (C=O) groups excluding carboxylic acids is 1. The Balaban J connectivity index is 1.27. The van der Waals surface area contributed by atoms with Gasteiger partial charge in [0.25, 0.3) is 5.91 Å². The fourth-order valence-electron chi connectivity index (χ4n) is 4.88. The van der Waals surface area contributed by atoms with Crippen LogP contribution < -0.4 is 10.5 Å². The first-order valence-electron chi connectivity index (χ1n) is 11.7. The summed E-state index contributed by atoms with van der Waals surface area (Å²) in [6.07, 6.45) is 1.46. The molecule has 8 nitrogen and oxygen atoms in total. The van der Waals surface area contributed by atoms with E-state index < -0.39 is 12.1 Å². The van der Waals surface area contributed by atoms with Gasteiger partial charge in [-0.1, -0.05) is 0 Å². The number of nitrogens with two attached hydrogens (primary N) is 1. The van der Waals surface area contributed by atoms with E-state index in [1.165, 1.54) is 6.07 Å². The third-order valence-corrected chi connectivity index (χ3v) is 6.63. The van der Waals surface area contributed by atoms with Crippen LogP contribution in [0.3, 0.4) is 0 Å². The van der Waals surface area contributed by atoms with Crippen LogP contribution in [0.1, 0.15) is 65.9 Å². The molecule has 186 valence electrons. The molecule has 11 heteroatoms. The quantitative estimate of drug-likeness (QED) is 0.515. The van der Waals surface area contributed by atoms with Gasteiger partial charge in [-0.25, -0.2) is 9.97 Å². The van der Waals surface area contributed by atoms with Crippen molar-refractivity contribution in [1.82, 2.24) is 19.9 Å². The summed E-state index contributed by atoms with van der Waals surface area (Å²) in [6, 6.07) is 5.37. The van der Waals surface area contributed by atoms with Crippen LogP contribution in [0.25, 0.3) is 11.2 Å². The van der Waals surface area contributed by atoms with Gasteiger partial charge in [0, 0.05) is 37.6 Å². The second-order valence-electron chi connectivity index (χ2n) is 8.94. The maximum atomic E-state index is 13.0. The molecule has 35 heavy (non-hydrogen) atoms. The average molecular weight is 489 g/mol. The van der Waals surface area contributed by atoms with Gasteiger partial charge in [0.15, 0.2) is 5.65 Å². The molecule has 2 fully saturated rings. The van der Waals surface area contributed by atoms with E-state index in [1.807, 2.05) is 6.07 Å². The molecule has 0 bridgehead atoms. The lowest BCUT2D eigenvalue weighted by Crippen LogP contribution is -2.38. The Morgan fingerprint density at radius 3 is 2.66 bits per heavy atom. The number of alkyl halides is 3. The molecule has 0 saturated carbocycles. The first kappa shape index (κ1) is 23.4. The second kappa shape index (κ2) is 9.37. The highest BCUT2D eigenvalue weighted by molar-refractivity contribution is 5.99. The number of carbonyl (C=O) groups is 1. The number of fused-ring (bicyclic) bond motifs is 1. The molecule has 2 saturated heterocycles. The van der Waals surface area contributed by atoms with E-state index in [0.29, 0.717) is 13.1 Å². The van der Waals surface area contributed by atoms with Gasteiger partial charge in [-0.15, -0.1) is 13.2 Å². The fourth-order valence-corrected chi connectivity index (χ4v) is 4.88. The molecular formula is C24H26F3N5O3. The average Bonchev–Trinajstić information content (AvgIpc) is 3.28. The first-order chi connectivity index (χ1) is 16.8. The lowest BCUT2D eigenvalue weighted by Gasteiger charge is -2.32. The highest BCUT2D eigenvalue weighted by atomic mass is 19.4. The fraction of sp³-hybridized carbons (Fsp3) is 0.458. The number of imidazole rings is 1. The molecular weight excluding hydrogens is 463 g/mol. The van der Waals surface area contributed by atoms with Gasteiger partial charge in [0.2, 0.25) is 0 Å². The minimum atomic E-state index is -4.82. The number of hydrogen-bond acceptors (Lipinski definition) is 6. The zero-order valence-electron chi connectivity index (χ0n) is 19.0. The SMILES string of the molecule is Nc1cc(OC(F)(F)F)ccc1C(=O)N1CCC(c2ccnc3[nH]c([C@H]4CCCCO4)nc23)CC1. The third kappa shape index (κ3) is 5.04. The van der Waals surface area contributed by atoms with Gasteiger partial charge >= 0.3 is 6.36 Å². The minimum absolute atomic E-state index is 0.0383. The molecule has 2 aromatic heterocycles. The van der Waals surface area contributed by atoms with E-state index in [1.54, 1.807) is 11.1 Å². The molecule has 3 N–H and O–H groups in total. The number of piperidine rings is 1. The van der Waals surface area contributed by atoms with Crippen molar-refractivity contribution >= 4 is 22.8 Å². The Bertz CT molecular complexity index is 1210. The van der Waals surface area contributed by atoms with Gasteiger partial charge in [-0.05, 0) is 61.8 Å². The Morgan fingerprint density at radius 1 is 1.17 bits per heavy atom. The van der Waals surface area contributed by atoms with Gasteiger partial charge in [-0.3, -0.25) is 4.79 Å². The summed E-state index contributed by atoms with van der Waals surface area (Å²) in [7, 11) is 0. The van der Waals surface area contributed by atoms with Crippen molar-refractivity contribution in [2.24, 2.45) is 0 Å². The number of nitrogen functional groups attached to an aromatic ring is 1. The van der Waals surface area contributed by atoms with Crippen LogP contribution in [-0.4, -0.2) is 51.8 Å². The van der Waals surface area contributed by atoms with Crippen molar-refractivity contribution in [3.05, 3.63) is 47.4 Å².